The van der Waals surface area contributed by atoms with Gasteiger partial charge in [-0.05, 0) is 26.2 Å². The van der Waals surface area contributed by atoms with E-state index in [1.165, 1.54) is 32.1 Å². The van der Waals surface area contributed by atoms with Crippen molar-refractivity contribution < 1.29 is 14.3 Å². The van der Waals surface area contributed by atoms with Crippen molar-refractivity contribution in [3.8, 4) is 0 Å². The molecule has 19 heavy (non-hydrogen) atoms. The molecule has 0 aliphatic heterocycles. The molecule has 0 aromatic carbocycles. The third-order valence-corrected chi connectivity index (χ3v) is 4.56. The second-order valence-electron chi connectivity index (χ2n) is 4.83. The molecule has 1 amide bonds. The normalized spacial score (nSPS) is 16.1. The molecule has 0 saturated heterocycles. The Morgan fingerprint density at radius 1 is 1.26 bits per heavy atom. The first-order chi connectivity index (χ1) is 9.22. The Hall–Kier alpha value is -0.710. The molecule has 5 heteroatoms. The van der Waals surface area contributed by atoms with E-state index in [1.807, 2.05) is 0 Å². The minimum Gasteiger partial charge on any atom is -0.466 e. The number of carbonyl (C=O) groups is 2. The van der Waals surface area contributed by atoms with Crippen LogP contribution < -0.4 is 5.32 Å². The Morgan fingerprint density at radius 3 is 2.68 bits per heavy atom. The number of rotatable bonds is 8. The minimum atomic E-state index is -0.187. The largest absolute Gasteiger partial charge is 0.466 e. The topological polar surface area (TPSA) is 55.4 Å². The van der Waals surface area contributed by atoms with Crippen molar-refractivity contribution in [2.75, 3.05) is 18.9 Å². The van der Waals surface area contributed by atoms with Crippen LogP contribution in [0.1, 0.15) is 51.9 Å². The second kappa shape index (κ2) is 10.1. The first kappa shape index (κ1) is 16.3. The van der Waals surface area contributed by atoms with Gasteiger partial charge in [0, 0.05) is 18.2 Å². The van der Waals surface area contributed by atoms with E-state index < -0.39 is 0 Å². The third kappa shape index (κ3) is 8.14. The van der Waals surface area contributed by atoms with Crippen molar-refractivity contribution in [3.63, 3.8) is 0 Å². The maximum atomic E-state index is 11.6. The summed E-state index contributed by atoms with van der Waals surface area (Å²) >= 11 is 1.77. The quantitative estimate of drug-likeness (QED) is 0.550. The van der Waals surface area contributed by atoms with E-state index in [1.54, 1.807) is 18.7 Å². The number of esters is 1. The molecule has 0 aromatic rings. The molecule has 1 rings (SSSR count). The summed E-state index contributed by atoms with van der Waals surface area (Å²) in [7, 11) is 0. The Kier molecular flexibility index (Phi) is 8.71. The number of thioether (sulfide) groups is 1. The lowest BCUT2D eigenvalue weighted by molar-refractivity contribution is -0.143. The van der Waals surface area contributed by atoms with Crippen LogP contribution in [-0.4, -0.2) is 36.0 Å². The predicted molar refractivity (Wildman–Crippen MR) is 78.2 cm³/mol. The zero-order chi connectivity index (χ0) is 13.9. The van der Waals surface area contributed by atoms with Crippen LogP contribution >= 0.6 is 11.8 Å². The monoisotopic (exact) mass is 287 g/mol. The maximum absolute atomic E-state index is 11.6. The highest BCUT2D eigenvalue weighted by Gasteiger charge is 2.15. The van der Waals surface area contributed by atoms with E-state index in [0.29, 0.717) is 37.0 Å². The van der Waals surface area contributed by atoms with Gasteiger partial charge in [0.15, 0.2) is 0 Å². The zero-order valence-corrected chi connectivity index (χ0v) is 12.6. The molecule has 0 atom stereocenters. The first-order valence-electron chi connectivity index (χ1n) is 7.26. The number of carbonyl (C=O) groups excluding carboxylic acids is 2. The molecule has 0 unspecified atom stereocenters. The molecule has 1 aliphatic carbocycles. The summed E-state index contributed by atoms with van der Waals surface area (Å²) < 4.78 is 4.82. The van der Waals surface area contributed by atoms with Gasteiger partial charge in [-0.15, -0.1) is 11.8 Å². The molecule has 4 nitrogen and oxygen atoms in total. The number of nitrogens with one attached hydrogen (secondary N) is 1. The lowest BCUT2D eigenvalue weighted by Crippen LogP contribution is -2.27. The molecular weight excluding hydrogens is 262 g/mol. The van der Waals surface area contributed by atoms with Crippen LogP contribution in [0.2, 0.25) is 0 Å². The van der Waals surface area contributed by atoms with Gasteiger partial charge in [0.1, 0.15) is 0 Å². The van der Waals surface area contributed by atoms with Gasteiger partial charge in [-0.2, -0.15) is 0 Å². The maximum Gasteiger partial charge on any atom is 0.305 e. The van der Waals surface area contributed by atoms with Gasteiger partial charge in [0.05, 0.1) is 12.4 Å². The highest BCUT2D eigenvalue weighted by atomic mass is 32.2. The third-order valence-electron chi connectivity index (χ3n) is 3.19. The number of amides is 1. The van der Waals surface area contributed by atoms with Gasteiger partial charge in [-0.25, -0.2) is 0 Å². The van der Waals surface area contributed by atoms with Crippen LogP contribution in [0.5, 0.6) is 0 Å². The highest BCUT2D eigenvalue weighted by Crippen LogP contribution is 2.27. The van der Waals surface area contributed by atoms with E-state index in [4.69, 9.17) is 4.74 Å². The van der Waals surface area contributed by atoms with Gasteiger partial charge in [0.2, 0.25) is 5.91 Å². The van der Waals surface area contributed by atoms with Gasteiger partial charge in [-0.3, -0.25) is 9.59 Å². The fraction of sp³-hybridized carbons (Fsp3) is 0.857. The minimum absolute atomic E-state index is 0.0828. The molecule has 0 heterocycles. The average Bonchev–Trinajstić information content (AvgIpc) is 2.43. The summed E-state index contributed by atoms with van der Waals surface area (Å²) in [6.07, 6.45) is 7.49. The molecular formula is C14H25NO3S. The van der Waals surface area contributed by atoms with E-state index in [2.05, 4.69) is 5.32 Å². The standard InChI is InChI=1S/C14H25NO3S/c1-2-18-14(17)9-6-10-15-13(16)11-19-12-7-4-3-5-8-12/h12H,2-11H2,1H3,(H,15,16). The van der Waals surface area contributed by atoms with Crippen molar-refractivity contribution in [2.24, 2.45) is 0 Å². The molecule has 1 fully saturated rings. The van der Waals surface area contributed by atoms with Crippen LogP contribution in [0.15, 0.2) is 0 Å². The van der Waals surface area contributed by atoms with Crippen LogP contribution in [-0.2, 0) is 14.3 Å². The average molecular weight is 287 g/mol. The van der Waals surface area contributed by atoms with Crippen LogP contribution in [0.25, 0.3) is 0 Å². The molecule has 0 radical (unpaired) electrons. The van der Waals surface area contributed by atoms with Gasteiger partial charge < -0.3 is 10.1 Å². The summed E-state index contributed by atoms with van der Waals surface area (Å²) in [5.41, 5.74) is 0. The van der Waals surface area contributed by atoms with Crippen molar-refractivity contribution >= 4 is 23.6 Å². The fourth-order valence-corrected chi connectivity index (χ4v) is 3.33. The molecule has 110 valence electrons. The summed E-state index contributed by atoms with van der Waals surface area (Å²) in [4.78, 5) is 22.7. The zero-order valence-electron chi connectivity index (χ0n) is 11.8. The Morgan fingerprint density at radius 2 is 2.00 bits per heavy atom. The number of hydrogen-bond acceptors (Lipinski definition) is 4. The van der Waals surface area contributed by atoms with Gasteiger partial charge >= 0.3 is 5.97 Å². The van der Waals surface area contributed by atoms with E-state index in [9.17, 15) is 9.59 Å². The molecule has 0 bridgehead atoms. The van der Waals surface area contributed by atoms with Crippen LogP contribution in [0, 0.1) is 0 Å². The van der Waals surface area contributed by atoms with Crippen molar-refractivity contribution in [1.82, 2.24) is 5.32 Å². The molecule has 1 aliphatic rings. The lowest BCUT2D eigenvalue weighted by atomic mass is 10.0. The number of hydrogen-bond donors (Lipinski definition) is 1. The van der Waals surface area contributed by atoms with Gasteiger partial charge in [-0.1, -0.05) is 19.3 Å². The summed E-state index contributed by atoms with van der Waals surface area (Å²) in [6.45, 7) is 2.77. The van der Waals surface area contributed by atoms with Crippen molar-refractivity contribution in [2.45, 2.75) is 57.1 Å². The van der Waals surface area contributed by atoms with Crippen LogP contribution in [0.3, 0.4) is 0 Å². The molecule has 1 N–H and O–H groups in total. The smallest absolute Gasteiger partial charge is 0.305 e. The van der Waals surface area contributed by atoms with Crippen molar-refractivity contribution in [3.05, 3.63) is 0 Å². The Balaban J connectivity index is 1.97. The molecule has 0 spiro atoms. The predicted octanol–water partition coefficient (Wildman–Crippen LogP) is 2.51. The van der Waals surface area contributed by atoms with E-state index in [0.717, 1.165) is 0 Å². The molecule has 0 aromatic heterocycles. The van der Waals surface area contributed by atoms with E-state index >= 15 is 0 Å². The SMILES string of the molecule is CCOC(=O)CCCNC(=O)CSC1CCCCC1. The summed E-state index contributed by atoms with van der Waals surface area (Å²) in [5.74, 6) is 0.442. The summed E-state index contributed by atoms with van der Waals surface area (Å²) in [5, 5.41) is 3.52. The van der Waals surface area contributed by atoms with Gasteiger partial charge in [0.25, 0.3) is 0 Å². The van der Waals surface area contributed by atoms with Crippen molar-refractivity contribution in [1.29, 1.82) is 0 Å². The lowest BCUT2D eigenvalue weighted by Gasteiger charge is -2.20. The van der Waals surface area contributed by atoms with E-state index in [-0.39, 0.29) is 11.9 Å². The first-order valence-corrected chi connectivity index (χ1v) is 8.31. The second-order valence-corrected chi connectivity index (χ2v) is 6.12. The molecule has 1 saturated carbocycles. The summed E-state index contributed by atoms with van der Waals surface area (Å²) in [6, 6.07) is 0. The highest BCUT2D eigenvalue weighted by molar-refractivity contribution is 8.00. The van der Waals surface area contributed by atoms with Crippen LogP contribution in [0.4, 0.5) is 0 Å². The Labute approximate surface area is 120 Å². The number of ether oxygens (including phenoxy) is 1. The fourth-order valence-electron chi connectivity index (χ4n) is 2.17. The Bertz CT molecular complexity index is 278.